The summed E-state index contributed by atoms with van der Waals surface area (Å²) in [6, 6.07) is 8.19. The number of hydrogen-bond donors (Lipinski definition) is 2. The second-order valence-electron chi connectivity index (χ2n) is 4.49. The molecule has 1 heterocycles. The Morgan fingerprint density at radius 2 is 2.00 bits per heavy atom. The average molecular weight is 309 g/mol. The summed E-state index contributed by atoms with van der Waals surface area (Å²) in [7, 11) is 0. The van der Waals surface area contributed by atoms with Crippen molar-refractivity contribution in [3.63, 3.8) is 0 Å². The smallest absolute Gasteiger partial charge is 0.152 e. The Morgan fingerprint density at radius 3 is 2.61 bits per heavy atom. The van der Waals surface area contributed by atoms with Crippen LogP contribution in [0.3, 0.4) is 0 Å². The molecule has 0 amide bonds. The molecule has 4 nitrogen and oxygen atoms in total. The highest BCUT2D eigenvalue weighted by atomic mass is 79.9. The highest BCUT2D eigenvalue weighted by Crippen LogP contribution is 2.31. The van der Waals surface area contributed by atoms with Crippen LogP contribution in [0.2, 0.25) is 0 Å². The van der Waals surface area contributed by atoms with Crippen molar-refractivity contribution in [2.24, 2.45) is 0 Å². The summed E-state index contributed by atoms with van der Waals surface area (Å²) in [5.41, 5.74) is 8.60. The summed E-state index contributed by atoms with van der Waals surface area (Å²) in [4.78, 5) is 0. The number of para-hydroxylation sites is 1. The number of hydrogen-bond acceptors (Lipinski definition) is 3. The highest BCUT2D eigenvalue weighted by molar-refractivity contribution is 9.10. The standard InChI is InChI=1S/C13H17BrN4/c1-8(2)18-13(12(15)9(3)17-18)16-11-7-5-4-6-10(11)14/h4-8,16H,15H2,1-3H3. The first-order valence-electron chi connectivity index (χ1n) is 5.87. The number of aryl methyl sites for hydroxylation is 1. The van der Waals surface area contributed by atoms with Crippen LogP contribution in [0.5, 0.6) is 0 Å². The molecule has 96 valence electrons. The molecular formula is C13H17BrN4. The van der Waals surface area contributed by atoms with E-state index in [1.165, 1.54) is 0 Å². The molecule has 3 N–H and O–H groups in total. The first-order valence-corrected chi connectivity index (χ1v) is 6.66. The van der Waals surface area contributed by atoms with Crippen LogP contribution in [-0.2, 0) is 0 Å². The van der Waals surface area contributed by atoms with Gasteiger partial charge >= 0.3 is 0 Å². The number of anilines is 3. The second kappa shape index (κ2) is 5.02. The minimum atomic E-state index is 0.256. The van der Waals surface area contributed by atoms with Gasteiger partial charge in [0.1, 0.15) is 0 Å². The van der Waals surface area contributed by atoms with E-state index in [-0.39, 0.29) is 6.04 Å². The SMILES string of the molecule is Cc1nn(C(C)C)c(Nc2ccccc2Br)c1N. The molecule has 5 heteroatoms. The van der Waals surface area contributed by atoms with Gasteiger partial charge in [-0.05, 0) is 48.8 Å². The van der Waals surface area contributed by atoms with Gasteiger partial charge < -0.3 is 11.1 Å². The zero-order valence-electron chi connectivity index (χ0n) is 10.7. The van der Waals surface area contributed by atoms with Gasteiger partial charge in [-0.2, -0.15) is 5.10 Å². The molecule has 2 aromatic rings. The van der Waals surface area contributed by atoms with Gasteiger partial charge in [-0.1, -0.05) is 12.1 Å². The predicted octanol–water partition coefficient (Wildman–Crippen LogP) is 3.86. The quantitative estimate of drug-likeness (QED) is 0.905. The normalized spacial score (nSPS) is 10.9. The molecule has 0 aliphatic rings. The zero-order chi connectivity index (χ0) is 13.3. The van der Waals surface area contributed by atoms with Crippen molar-refractivity contribution >= 4 is 33.1 Å². The van der Waals surface area contributed by atoms with Gasteiger partial charge in [-0.25, -0.2) is 4.68 Å². The van der Waals surface area contributed by atoms with Gasteiger partial charge in [0.15, 0.2) is 5.82 Å². The summed E-state index contributed by atoms with van der Waals surface area (Å²) in [6.45, 7) is 6.08. The van der Waals surface area contributed by atoms with Crippen LogP contribution in [-0.4, -0.2) is 9.78 Å². The molecule has 0 aliphatic heterocycles. The van der Waals surface area contributed by atoms with Crippen molar-refractivity contribution in [3.8, 4) is 0 Å². The molecule has 2 rings (SSSR count). The van der Waals surface area contributed by atoms with Gasteiger partial charge in [-0.3, -0.25) is 0 Å². The molecule has 0 unspecified atom stereocenters. The monoisotopic (exact) mass is 308 g/mol. The molecule has 1 aromatic carbocycles. The number of rotatable bonds is 3. The van der Waals surface area contributed by atoms with Crippen LogP contribution < -0.4 is 11.1 Å². The lowest BCUT2D eigenvalue weighted by Crippen LogP contribution is -2.08. The molecule has 0 spiro atoms. The van der Waals surface area contributed by atoms with Gasteiger partial charge in [0.2, 0.25) is 0 Å². The first kappa shape index (κ1) is 13.0. The fourth-order valence-corrected chi connectivity index (χ4v) is 2.13. The topological polar surface area (TPSA) is 55.9 Å². The van der Waals surface area contributed by atoms with Gasteiger partial charge in [0.25, 0.3) is 0 Å². The number of aromatic nitrogens is 2. The fraction of sp³-hybridized carbons (Fsp3) is 0.308. The van der Waals surface area contributed by atoms with Gasteiger partial charge in [0.05, 0.1) is 17.1 Å². The lowest BCUT2D eigenvalue weighted by molar-refractivity contribution is 0.536. The summed E-state index contributed by atoms with van der Waals surface area (Å²) >= 11 is 3.51. The van der Waals surface area contributed by atoms with Crippen molar-refractivity contribution in [1.29, 1.82) is 0 Å². The Kier molecular flexibility index (Phi) is 3.61. The largest absolute Gasteiger partial charge is 0.394 e. The second-order valence-corrected chi connectivity index (χ2v) is 5.35. The van der Waals surface area contributed by atoms with Gasteiger partial charge in [0, 0.05) is 10.5 Å². The Balaban J connectivity index is 2.43. The first-order chi connectivity index (χ1) is 8.50. The maximum Gasteiger partial charge on any atom is 0.152 e. The minimum absolute atomic E-state index is 0.256. The van der Waals surface area contributed by atoms with Crippen LogP contribution in [0.4, 0.5) is 17.2 Å². The number of nitrogens with two attached hydrogens (primary N) is 1. The Labute approximate surface area is 115 Å². The molecule has 0 saturated heterocycles. The van der Waals surface area contributed by atoms with E-state index >= 15 is 0 Å². The van der Waals surface area contributed by atoms with Gasteiger partial charge in [-0.15, -0.1) is 0 Å². The van der Waals surface area contributed by atoms with Crippen LogP contribution in [0, 0.1) is 6.92 Å². The van der Waals surface area contributed by atoms with E-state index in [0.29, 0.717) is 5.69 Å². The minimum Gasteiger partial charge on any atom is -0.394 e. The van der Waals surface area contributed by atoms with Crippen LogP contribution in [0.15, 0.2) is 28.7 Å². The van der Waals surface area contributed by atoms with E-state index in [1.807, 2.05) is 35.9 Å². The van der Waals surface area contributed by atoms with E-state index in [4.69, 9.17) is 5.73 Å². The van der Waals surface area contributed by atoms with E-state index in [2.05, 4.69) is 40.2 Å². The number of benzene rings is 1. The summed E-state index contributed by atoms with van der Waals surface area (Å²) in [6.07, 6.45) is 0. The fourth-order valence-electron chi connectivity index (χ4n) is 1.75. The number of nitrogens with one attached hydrogen (secondary N) is 1. The van der Waals surface area contributed by atoms with Crippen LogP contribution >= 0.6 is 15.9 Å². The molecular weight excluding hydrogens is 292 g/mol. The highest BCUT2D eigenvalue weighted by Gasteiger charge is 2.15. The Hall–Kier alpha value is -1.49. The van der Waals surface area contributed by atoms with E-state index < -0.39 is 0 Å². The number of nitrogen functional groups attached to an aromatic ring is 1. The third kappa shape index (κ3) is 2.36. The maximum atomic E-state index is 6.08. The van der Waals surface area contributed by atoms with Crippen LogP contribution in [0.1, 0.15) is 25.6 Å². The Morgan fingerprint density at radius 1 is 1.33 bits per heavy atom. The van der Waals surface area contributed by atoms with Crippen molar-refractivity contribution in [1.82, 2.24) is 9.78 Å². The van der Waals surface area contributed by atoms with Crippen molar-refractivity contribution in [3.05, 3.63) is 34.4 Å². The lowest BCUT2D eigenvalue weighted by Gasteiger charge is -2.14. The molecule has 0 fully saturated rings. The van der Waals surface area contributed by atoms with E-state index in [1.54, 1.807) is 0 Å². The molecule has 0 bridgehead atoms. The summed E-state index contributed by atoms with van der Waals surface area (Å²) < 4.78 is 2.91. The third-order valence-corrected chi connectivity index (χ3v) is 3.44. The zero-order valence-corrected chi connectivity index (χ0v) is 12.3. The number of nitrogens with zero attached hydrogens (tertiary/aromatic N) is 2. The molecule has 0 atom stereocenters. The Bertz CT molecular complexity index is 560. The molecule has 0 saturated carbocycles. The van der Waals surface area contributed by atoms with Crippen molar-refractivity contribution in [2.75, 3.05) is 11.1 Å². The average Bonchev–Trinajstić information content (AvgIpc) is 2.60. The molecule has 0 radical (unpaired) electrons. The molecule has 18 heavy (non-hydrogen) atoms. The summed E-state index contributed by atoms with van der Waals surface area (Å²) in [5, 5.41) is 7.79. The van der Waals surface area contributed by atoms with Crippen molar-refractivity contribution < 1.29 is 0 Å². The lowest BCUT2D eigenvalue weighted by atomic mass is 10.3. The maximum absolute atomic E-state index is 6.08. The van der Waals surface area contributed by atoms with Crippen LogP contribution in [0.25, 0.3) is 0 Å². The molecule has 1 aromatic heterocycles. The third-order valence-electron chi connectivity index (χ3n) is 2.75. The predicted molar refractivity (Wildman–Crippen MR) is 79.2 cm³/mol. The van der Waals surface area contributed by atoms with E-state index in [9.17, 15) is 0 Å². The molecule has 0 aliphatic carbocycles. The number of halogens is 1. The van der Waals surface area contributed by atoms with Crippen molar-refractivity contribution in [2.45, 2.75) is 26.8 Å². The van der Waals surface area contributed by atoms with E-state index in [0.717, 1.165) is 21.7 Å². The summed E-state index contributed by atoms with van der Waals surface area (Å²) in [5.74, 6) is 0.842.